The van der Waals surface area contributed by atoms with Crippen molar-refractivity contribution < 1.29 is 14.6 Å². The van der Waals surface area contributed by atoms with Crippen molar-refractivity contribution >= 4 is 5.97 Å². The number of carboxylic acids is 1. The number of carbonyl (C=O) groups is 1. The Balaban J connectivity index is 2.49. The lowest BCUT2D eigenvalue weighted by Gasteiger charge is -2.06. The minimum Gasteiger partial charge on any atom is -0.479 e. The molecule has 1 aliphatic rings. The van der Waals surface area contributed by atoms with E-state index in [1.165, 1.54) is 0 Å². The van der Waals surface area contributed by atoms with Crippen LogP contribution in [0.25, 0.3) is 0 Å². The van der Waals surface area contributed by atoms with Crippen molar-refractivity contribution in [1.82, 2.24) is 0 Å². The summed E-state index contributed by atoms with van der Waals surface area (Å²) in [5, 5.41) is 8.46. The molecule has 1 rings (SSSR count). The molecular formula is C6H10O3. The first kappa shape index (κ1) is 6.55. The van der Waals surface area contributed by atoms with E-state index < -0.39 is 12.1 Å². The van der Waals surface area contributed by atoms with E-state index >= 15 is 0 Å². The van der Waals surface area contributed by atoms with Crippen molar-refractivity contribution in [1.29, 1.82) is 0 Å². The summed E-state index contributed by atoms with van der Waals surface area (Å²) in [7, 11) is 0. The molecule has 0 aromatic heterocycles. The van der Waals surface area contributed by atoms with Gasteiger partial charge in [-0.2, -0.15) is 0 Å². The molecule has 0 saturated carbocycles. The van der Waals surface area contributed by atoms with Crippen LogP contribution < -0.4 is 0 Å². The average Bonchev–Trinajstić information content (AvgIpc) is 2.13. The highest BCUT2D eigenvalue weighted by Gasteiger charge is 2.30. The summed E-state index contributed by atoms with van der Waals surface area (Å²) < 4.78 is 4.93. The Bertz CT molecular complexity index is 121. The van der Waals surface area contributed by atoms with Crippen LogP contribution in [-0.2, 0) is 9.53 Å². The summed E-state index contributed by atoms with van der Waals surface area (Å²) in [6.45, 7) is 2.49. The van der Waals surface area contributed by atoms with Gasteiger partial charge in [0.1, 0.15) is 0 Å². The minimum atomic E-state index is -0.833. The Labute approximate surface area is 53.6 Å². The molecule has 0 radical (unpaired) electrons. The van der Waals surface area contributed by atoms with Crippen LogP contribution in [-0.4, -0.2) is 23.8 Å². The Hall–Kier alpha value is -0.570. The van der Waals surface area contributed by atoms with Gasteiger partial charge in [-0.25, -0.2) is 4.79 Å². The van der Waals surface area contributed by atoms with E-state index in [0.29, 0.717) is 6.61 Å². The van der Waals surface area contributed by atoms with Crippen LogP contribution in [0.3, 0.4) is 0 Å². The molecule has 0 bridgehead atoms. The van der Waals surface area contributed by atoms with Crippen LogP contribution in [0, 0.1) is 5.92 Å². The van der Waals surface area contributed by atoms with Crippen molar-refractivity contribution in [3.8, 4) is 0 Å². The standard InChI is InChI=1S/C6H10O3/c1-4-2-3-9-5(4)6(7)8/h4-5H,2-3H2,1H3,(H,7,8)/t4-,5?/m0/s1. The third-order valence-corrected chi connectivity index (χ3v) is 1.63. The summed E-state index contributed by atoms with van der Waals surface area (Å²) in [5.41, 5.74) is 0. The normalized spacial score (nSPS) is 34.8. The van der Waals surface area contributed by atoms with Crippen molar-refractivity contribution in [3.63, 3.8) is 0 Å². The Kier molecular flexibility index (Phi) is 1.71. The average molecular weight is 130 g/mol. The summed E-state index contributed by atoms with van der Waals surface area (Å²) in [4.78, 5) is 10.3. The Morgan fingerprint density at radius 1 is 1.78 bits per heavy atom. The second-order valence-electron chi connectivity index (χ2n) is 2.40. The first-order valence-corrected chi connectivity index (χ1v) is 3.06. The van der Waals surface area contributed by atoms with Crippen LogP contribution in [0.15, 0.2) is 0 Å². The highest BCUT2D eigenvalue weighted by Crippen LogP contribution is 2.19. The number of rotatable bonds is 1. The highest BCUT2D eigenvalue weighted by atomic mass is 16.5. The van der Waals surface area contributed by atoms with Gasteiger partial charge >= 0.3 is 5.97 Å². The molecular weight excluding hydrogens is 120 g/mol. The molecule has 0 aromatic rings. The number of ether oxygens (including phenoxy) is 1. The zero-order valence-corrected chi connectivity index (χ0v) is 5.33. The zero-order chi connectivity index (χ0) is 6.85. The van der Waals surface area contributed by atoms with Crippen LogP contribution in [0.4, 0.5) is 0 Å². The molecule has 3 heteroatoms. The van der Waals surface area contributed by atoms with E-state index in [-0.39, 0.29) is 5.92 Å². The predicted molar refractivity (Wildman–Crippen MR) is 31.2 cm³/mol. The fraction of sp³-hybridized carbons (Fsp3) is 0.833. The van der Waals surface area contributed by atoms with E-state index in [0.717, 1.165) is 6.42 Å². The van der Waals surface area contributed by atoms with Crippen LogP contribution in [0.5, 0.6) is 0 Å². The molecule has 1 N–H and O–H groups in total. The molecule has 0 amide bonds. The van der Waals surface area contributed by atoms with Gasteiger partial charge in [0.15, 0.2) is 6.10 Å². The molecule has 0 aliphatic carbocycles. The van der Waals surface area contributed by atoms with Crippen molar-refractivity contribution in [2.24, 2.45) is 5.92 Å². The van der Waals surface area contributed by atoms with E-state index in [1.807, 2.05) is 6.92 Å². The summed E-state index contributed by atoms with van der Waals surface area (Å²) in [6.07, 6.45) is 0.321. The Morgan fingerprint density at radius 3 is 2.67 bits per heavy atom. The van der Waals surface area contributed by atoms with Gasteiger partial charge in [-0.05, 0) is 12.3 Å². The molecule has 3 nitrogen and oxygen atoms in total. The number of hydrogen-bond acceptors (Lipinski definition) is 2. The van der Waals surface area contributed by atoms with E-state index in [2.05, 4.69) is 0 Å². The minimum absolute atomic E-state index is 0.183. The summed E-state index contributed by atoms with van der Waals surface area (Å²) in [5.74, 6) is -0.650. The highest BCUT2D eigenvalue weighted by molar-refractivity contribution is 5.72. The fourth-order valence-electron chi connectivity index (χ4n) is 1.01. The molecule has 0 spiro atoms. The van der Waals surface area contributed by atoms with Gasteiger partial charge in [0.2, 0.25) is 0 Å². The van der Waals surface area contributed by atoms with E-state index in [9.17, 15) is 4.79 Å². The maximum atomic E-state index is 10.3. The maximum absolute atomic E-state index is 10.3. The molecule has 1 fully saturated rings. The lowest BCUT2D eigenvalue weighted by molar-refractivity contribution is -0.148. The number of hydrogen-bond donors (Lipinski definition) is 1. The van der Waals surface area contributed by atoms with Gasteiger partial charge in [-0.3, -0.25) is 0 Å². The first-order valence-electron chi connectivity index (χ1n) is 3.06. The van der Waals surface area contributed by atoms with Crippen LogP contribution in [0.1, 0.15) is 13.3 Å². The molecule has 1 heterocycles. The fourth-order valence-corrected chi connectivity index (χ4v) is 1.01. The molecule has 0 aromatic carbocycles. The smallest absolute Gasteiger partial charge is 0.333 e. The number of carboxylic acid groups (broad SMARTS) is 1. The topological polar surface area (TPSA) is 46.5 Å². The van der Waals surface area contributed by atoms with Gasteiger partial charge in [0.25, 0.3) is 0 Å². The maximum Gasteiger partial charge on any atom is 0.333 e. The lowest BCUT2D eigenvalue weighted by atomic mass is 10.1. The van der Waals surface area contributed by atoms with Gasteiger partial charge in [-0.15, -0.1) is 0 Å². The lowest BCUT2D eigenvalue weighted by Crippen LogP contribution is -2.24. The van der Waals surface area contributed by atoms with E-state index in [4.69, 9.17) is 9.84 Å². The molecule has 2 atom stereocenters. The molecule has 1 unspecified atom stereocenters. The van der Waals surface area contributed by atoms with Crippen molar-refractivity contribution in [2.45, 2.75) is 19.4 Å². The van der Waals surface area contributed by atoms with Crippen molar-refractivity contribution in [2.75, 3.05) is 6.61 Å². The molecule has 9 heavy (non-hydrogen) atoms. The van der Waals surface area contributed by atoms with Gasteiger partial charge in [0, 0.05) is 6.61 Å². The molecule has 52 valence electrons. The predicted octanol–water partition coefficient (Wildman–Crippen LogP) is 0.496. The second-order valence-corrected chi connectivity index (χ2v) is 2.40. The first-order chi connectivity index (χ1) is 4.22. The van der Waals surface area contributed by atoms with Crippen LogP contribution in [0.2, 0.25) is 0 Å². The monoisotopic (exact) mass is 130 g/mol. The van der Waals surface area contributed by atoms with Gasteiger partial charge in [0.05, 0.1) is 0 Å². The third-order valence-electron chi connectivity index (χ3n) is 1.63. The zero-order valence-electron chi connectivity index (χ0n) is 5.33. The summed E-state index contributed by atoms with van der Waals surface area (Å²) >= 11 is 0. The summed E-state index contributed by atoms with van der Waals surface area (Å²) in [6, 6.07) is 0. The molecule has 1 saturated heterocycles. The Morgan fingerprint density at radius 2 is 2.44 bits per heavy atom. The molecule has 1 aliphatic heterocycles. The second kappa shape index (κ2) is 2.35. The van der Waals surface area contributed by atoms with Crippen LogP contribution >= 0.6 is 0 Å². The number of aliphatic carboxylic acids is 1. The van der Waals surface area contributed by atoms with Crippen molar-refractivity contribution in [3.05, 3.63) is 0 Å². The quantitative estimate of drug-likeness (QED) is 0.562. The largest absolute Gasteiger partial charge is 0.479 e. The van der Waals surface area contributed by atoms with Gasteiger partial charge < -0.3 is 9.84 Å². The van der Waals surface area contributed by atoms with E-state index in [1.54, 1.807) is 0 Å². The van der Waals surface area contributed by atoms with Gasteiger partial charge in [-0.1, -0.05) is 6.92 Å². The SMILES string of the molecule is C[C@H]1CCOC1C(=O)O. The third kappa shape index (κ3) is 1.21.